The highest BCUT2D eigenvalue weighted by Crippen LogP contribution is 2.44. The Bertz CT molecular complexity index is 125. The van der Waals surface area contributed by atoms with Crippen LogP contribution in [0.3, 0.4) is 0 Å². The van der Waals surface area contributed by atoms with Gasteiger partial charge in [0, 0.05) is 4.07 Å². The van der Waals surface area contributed by atoms with Gasteiger partial charge in [-0.15, -0.1) is 15.3 Å². The summed E-state index contributed by atoms with van der Waals surface area (Å²) in [6.45, 7) is 4.74. The van der Waals surface area contributed by atoms with Gasteiger partial charge in [0.2, 0.25) is 0 Å². The predicted molar refractivity (Wildman–Crippen MR) is 60.3 cm³/mol. The van der Waals surface area contributed by atoms with Gasteiger partial charge >= 0.3 is 0 Å². The van der Waals surface area contributed by atoms with Crippen molar-refractivity contribution in [3.63, 3.8) is 0 Å². The van der Waals surface area contributed by atoms with Crippen LogP contribution < -0.4 is 0 Å². The number of hydrogen-bond acceptors (Lipinski definition) is 0. The zero-order chi connectivity index (χ0) is 7.78. The molecule has 1 heterocycles. The molecule has 0 aromatic carbocycles. The standard InChI is InChI=1S/C6H14Br2Si2/c1-3-10(4-2)5-9(8)6(10)7/h6,9H,3-5H2,1-2H3. The van der Waals surface area contributed by atoms with Gasteiger partial charge in [0.05, 0.1) is 8.07 Å². The first-order chi connectivity index (χ1) is 4.66. The number of hydrogen-bond donors (Lipinski definition) is 0. The van der Waals surface area contributed by atoms with Crippen molar-refractivity contribution in [1.29, 1.82) is 0 Å². The highest BCUT2D eigenvalue weighted by atomic mass is 79.9. The highest BCUT2D eigenvalue weighted by molar-refractivity contribution is 9.26. The van der Waals surface area contributed by atoms with Crippen molar-refractivity contribution in [2.75, 3.05) is 0 Å². The molecular formula is C6H14Br2Si2. The summed E-state index contributed by atoms with van der Waals surface area (Å²) in [6.07, 6.45) is 0. The van der Waals surface area contributed by atoms with Gasteiger partial charge in [-0.05, 0) is 0 Å². The molecule has 2 atom stereocenters. The fourth-order valence-corrected chi connectivity index (χ4v) is 29.5. The first kappa shape index (κ1) is 9.48. The molecule has 2 unspecified atom stereocenters. The molecule has 1 aliphatic heterocycles. The van der Waals surface area contributed by atoms with Crippen LogP contribution in [-0.2, 0) is 0 Å². The summed E-state index contributed by atoms with van der Waals surface area (Å²) in [6, 6.07) is 2.96. The monoisotopic (exact) mass is 300 g/mol. The van der Waals surface area contributed by atoms with Crippen LogP contribution in [0, 0.1) is 0 Å². The van der Waals surface area contributed by atoms with E-state index < -0.39 is 15.5 Å². The fourth-order valence-electron chi connectivity index (χ4n) is 1.76. The number of alkyl halides is 1. The van der Waals surface area contributed by atoms with Gasteiger partial charge in [-0.1, -0.05) is 47.5 Å². The molecule has 10 heavy (non-hydrogen) atoms. The molecule has 0 bridgehead atoms. The van der Waals surface area contributed by atoms with Crippen LogP contribution in [-0.4, -0.2) is 19.6 Å². The van der Waals surface area contributed by atoms with Crippen LogP contribution in [0.2, 0.25) is 17.8 Å². The van der Waals surface area contributed by atoms with E-state index in [1.54, 1.807) is 5.67 Å². The largest absolute Gasteiger partial charge is 0.130 e. The van der Waals surface area contributed by atoms with Crippen LogP contribution in [0.15, 0.2) is 0 Å². The molecular weight excluding hydrogens is 288 g/mol. The molecule has 1 fully saturated rings. The van der Waals surface area contributed by atoms with Crippen molar-refractivity contribution < 1.29 is 0 Å². The summed E-state index contributed by atoms with van der Waals surface area (Å²) in [4.78, 5) is 0. The Morgan fingerprint density at radius 1 is 1.50 bits per heavy atom. The van der Waals surface area contributed by atoms with Crippen molar-refractivity contribution in [1.82, 2.24) is 0 Å². The third-order valence-electron chi connectivity index (χ3n) is 2.91. The first-order valence-electron chi connectivity index (χ1n) is 3.94. The Morgan fingerprint density at radius 2 is 2.00 bits per heavy atom. The van der Waals surface area contributed by atoms with Crippen LogP contribution in [0.25, 0.3) is 0 Å². The quantitative estimate of drug-likeness (QED) is 0.418. The molecule has 0 spiro atoms. The van der Waals surface area contributed by atoms with E-state index in [9.17, 15) is 0 Å². The summed E-state index contributed by atoms with van der Waals surface area (Å²) >= 11 is 7.66. The van der Waals surface area contributed by atoms with Crippen LogP contribution in [0.4, 0.5) is 0 Å². The molecule has 0 aromatic heterocycles. The topological polar surface area (TPSA) is 0 Å². The molecule has 0 radical (unpaired) electrons. The van der Waals surface area contributed by atoms with Gasteiger partial charge in [-0.2, -0.15) is 0 Å². The summed E-state index contributed by atoms with van der Waals surface area (Å²) in [7, 11) is -1.16. The summed E-state index contributed by atoms with van der Waals surface area (Å²) in [5.74, 6) is 0. The molecule has 1 rings (SSSR count). The average molecular weight is 302 g/mol. The second-order valence-corrected chi connectivity index (χ2v) is 18.3. The maximum absolute atomic E-state index is 3.85. The molecule has 0 saturated carbocycles. The summed E-state index contributed by atoms with van der Waals surface area (Å²) in [5, 5.41) is 0. The first-order valence-corrected chi connectivity index (χ1v) is 12.2. The molecule has 0 nitrogen and oxygen atoms in total. The number of halogens is 2. The van der Waals surface area contributed by atoms with Gasteiger partial charge in [0.1, 0.15) is 7.42 Å². The Balaban J connectivity index is 2.54. The lowest BCUT2D eigenvalue weighted by atomic mass is 10.9. The smallest absolute Gasteiger partial charge is 0.123 e. The molecule has 4 heteroatoms. The van der Waals surface area contributed by atoms with Gasteiger partial charge in [0.15, 0.2) is 0 Å². The molecule has 1 saturated heterocycles. The lowest BCUT2D eigenvalue weighted by Gasteiger charge is -2.47. The Hall–Kier alpha value is 1.39. The summed E-state index contributed by atoms with van der Waals surface area (Å²) in [5.41, 5.74) is 1.62. The maximum Gasteiger partial charge on any atom is 0.123 e. The maximum atomic E-state index is 3.85. The molecule has 0 N–H and O–H groups in total. The lowest BCUT2D eigenvalue weighted by Crippen LogP contribution is -2.62. The molecule has 0 amide bonds. The van der Waals surface area contributed by atoms with E-state index in [1.165, 1.54) is 12.1 Å². The average Bonchev–Trinajstić information content (AvgIpc) is 1.99. The van der Waals surface area contributed by atoms with Gasteiger partial charge in [-0.3, -0.25) is 0 Å². The van der Waals surface area contributed by atoms with E-state index in [2.05, 4.69) is 45.1 Å². The predicted octanol–water partition coefficient (Wildman–Crippen LogP) is 2.99. The van der Waals surface area contributed by atoms with E-state index in [1.807, 2.05) is 0 Å². The minimum Gasteiger partial charge on any atom is -0.130 e. The van der Waals surface area contributed by atoms with E-state index in [0.29, 0.717) is 0 Å². The van der Waals surface area contributed by atoms with E-state index in [-0.39, 0.29) is 0 Å². The van der Waals surface area contributed by atoms with Crippen LogP contribution >= 0.6 is 31.2 Å². The fraction of sp³-hybridized carbons (Fsp3) is 1.00. The zero-order valence-corrected chi connectivity index (χ0v) is 11.9. The Kier molecular flexibility index (Phi) is 3.24. The second kappa shape index (κ2) is 3.41. The molecule has 0 aromatic rings. The number of rotatable bonds is 2. The van der Waals surface area contributed by atoms with Crippen LogP contribution in [0.1, 0.15) is 13.8 Å². The third kappa shape index (κ3) is 1.32. The zero-order valence-electron chi connectivity index (χ0n) is 6.53. The van der Waals surface area contributed by atoms with Crippen molar-refractivity contribution >= 4 is 46.7 Å². The molecule has 60 valence electrons. The lowest BCUT2D eigenvalue weighted by molar-refractivity contribution is 1.18. The minimum atomic E-state index is -0.726. The van der Waals surface area contributed by atoms with Gasteiger partial charge < -0.3 is 0 Å². The SMILES string of the molecule is CC[Si]1(CC)C[SiH](Br)C1Br. The van der Waals surface area contributed by atoms with Crippen molar-refractivity contribution in [3.05, 3.63) is 0 Å². The Morgan fingerprint density at radius 3 is 2.10 bits per heavy atom. The third-order valence-corrected chi connectivity index (χ3v) is 28.6. The van der Waals surface area contributed by atoms with Crippen molar-refractivity contribution in [3.8, 4) is 0 Å². The molecule has 1 aliphatic rings. The van der Waals surface area contributed by atoms with Gasteiger partial charge in [-0.25, -0.2) is 0 Å². The highest BCUT2D eigenvalue weighted by Gasteiger charge is 2.51. The molecule has 0 aliphatic carbocycles. The van der Waals surface area contributed by atoms with Crippen molar-refractivity contribution in [2.24, 2.45) is 0 Å². The van der Waals surface area contributed by atoms with E-state index in [4.69, 9.17) is 0 Å². The van der Waals surface area contributed by atoms with Gasteiger partial charge in [0.25, 0.3) is 0 Å². The van der Waals surface area contributed by atoms with Crippen LogP contribution in [0.5, 0.6) is 0 Å². The van der Waals surface area contributed by atoms with E-state index in [0.717, 1.165) is 4.07 Å². The van der Waals surface area contributed by atoms with Crippen molar-refractivity contribution in [2.45, 2.75) is 35.7 Å². The van der Waals surface area contributed by atoms with E-state index >= 15 is 0 Å². The minimum absolute atomic E-state index is 0.433. The second-order valence-electron chi connectivity index (χ2n) is 3.19. The Labute approximate surface area is 82.1 Å². The normalized spacial score (nSPS) is 37.2. The summed E-state index contributed by atoms with van der Waals surface area (Å²) < 4.78 is 0.981.